The molecule has 0 spiro atoms. The average Bonchev–Trinajstić information content (AvgIpc) is 2.87. The standard InChI is InChI=1S/C27H28N2O5/c30-25(16-17-28-27(32)34-20-23-14-8-3-9-15-23)29-24(18-21-10-4-1-5-11-21)26(31)33-19-22-12-6-2-7-13-22/h1-15,24H,16-20H2,(H,28,32)(H,29,30)/t24-/m1/s1. The number of nitrogens with one attached hydrogen (secondary N) is 2. The van der Waals surface area contributed by atoms with Crippen LogP contribution in [-0.4, -0.2) is 30.6 Å². The van der Waals surface area contributed by atoms with Gasteiger partial charge >= 0.3 is 12.1 Å². The fourth-order valence-electron chi connectivity index (χ4n) is 3.19. The Morgan fingerprint density at radius 2 is 1.18 bits per heavy atom. The van der Waals surface area contributed by atoms with Crippen molar-refractivity contribution in [1.29, 1.82) is 0 Å². The highest BCUT2D eigenvalue weighted by molar-refractivity contribution is 5.85. The SMILES string of the molecule is O=C(CCNC(=O)OCc1ccccc1)N[C@H](Cc1ccccc1)C(=O)OCc1ccccc1. The van der Waals surface area contributed by atoms with Gasteiger partial charge in [0.25, 0.3) is 0 Å². The second-order valence-corrected chi connectivity index (χ2v) is 7.64. The summed E-state index contributed by atoms with van der Waals surface area (Å²) in [7, 11) is 0. The van der Waals surface area contributed by atoms with Crippen molar-refractivity contribution in [3.05, 3.63) is 108 Å². The summed E-state index contributed by atoms with van der Waals surface area (Å²) in [6.07, 6.45) is -0.315. The number of carbonyl (C=O) groups is 3. The molecule has 1 atom stereocenters. The van der Waals surface area contributed by atoms with Crippen molar-refractivity contribution in [1.82, 2.24) is 10.6 Å². The molecule has 2 amide bonds. The van der Waals surface area contributed by atoms with E-state index >= 15 is 0 Å². The van der Waals surface area contributed by atoms with Crippen LogP contribution in [-0.2, 0) is 38.7 Å². The quantitative estimate of drug-likeness (QED) is 0.425. The van der Waals surface area contributed by atoms with Gasteiger partial charge in [-0.25, -0.2) is 9.59 Å². The summed E-state index contributed by atoms with van der Waals surface area (Å²) in [6.45, 7) is 0.345. The van der Waals surface area contributed by atoms with Gasteiger partial charge in [-0.1, -0.05) is 91.0 Å². The molecule has 0 fully saturated rings. The van der Waals surface area contributed by atoms with Crippen LogP contribution in [0.25, 0.3) is 0 Å². The Kier molecular flexibility index (Phi) is 9.68. The van der Waals surface area contributed by atoms with Crippen LogP contribution >= 0.6 is 0 Å². The van der Waals surface area contributed by atoms with E-state index in [-0.39, 0.29) is 32.1 Å². The zero-order chi connectivity index (χ0) is 24.0. The number of rotatable bonds is 11. The van der Waals surface area contributed by atoms with Crippen LogP contribution in [0.4, 0.5) is 4.79 Å². The van der Waals surface area contributed by atoms with E-state index in [2.05, 4.69) is 10.6 Å². The fraction of sp³-hybridized carbons (Fsp3) is 0.222. The molecule has 0 radical (unpaired) electrons. The van der Waals surface area contributed by atoms with Crippen LogP contribution in [0.5, 0.6) is 0 Å². The molecule has 34 heavy (non-hydrogen) atoms. The first kappa shape index (κ1) is 24.5. The van der Waals surface area contributed by atoms with Crippen LogP contribution in [0.2, 0.25) is 0 Å². The summed E-state index contributed by atoms with van der Waals surface area (Å²) in [5, 5.41) is 5.27. The van der Waals surface area contributed by atoms with Crippen LogP contribution < -0.4 is 10.6 Å². The lowest BCUT2D eigenvalue weighted by Crippen LogP contribution is -2.44. The van der Waals surface area contributed by atoms with E-state index in [0.717, 1.165) is 16.7 Å². The van der Waals surface area contributed by atoms with E-state index in [9.17, 15) is 14.4 Å². The summed E-state index contributed by atoms with van der Waals surface area (Å²) in [5.41, 5.74) is 2.62. The Labute approximate surface area is 199 Å². The minimum Gasteiger partial charge on any atom is -0.459 e. The first-order valence-corrected chi connectivity index (χ1v) is 11.1. The van der Waals surface area contributed by atoms with Gasteiger partial charge in [0.15, 0.2) is 0 Å². The Morgan fingerprint density at radius 3 is 1.74 bits per heavy atom. The molecule has 3 rings (SSSR count). The van der Waals surface area contributed by atoms with Crippen molar-refractivity contribution >= 4 is 18.0 Å². The molecular formula is C27H28N2O5. The van der Waals surface area contributed by atoms with E-state index in [0.29, 0.717) is 6.42 Å². The maximum Gasteiger partial charge on any atom is 0.407 e. The second-order valence-electron chi connectivity index (χ2n) is 7.64. The van der Waals surface area contributed by atoms with E-state index in [1.165, 1.54) is 0 Å². The molecule has 0 aliphatic rings. The number of benzene rings is 3. The lowest BCUT2D eigenvalue weighted by molar-refractivity contribution is -0.149. The molecule has 176 valence electrons. The Morgan fingerprint density at radius 1 is 0.676 bits per heavy atom. The van der Waals surface area contributed by atoms with Gasteiger partial charge in [0.05, 0.1) is 0 Å². The molecule has 0 heterocycles. The molecule has 7 heteroatoms. The first-order chi connectivity index (χ1) is 16.6. The van der Waals surface area contributed by atoms with Gasteiger partial charge in [-0.2, -0.15) is 0 Å². The molecule has 3 aromatic carbocycles. The third-order valence-corrected chi connectivity index (χ3v) is 4.96. The van der Waals surface area contributed by atoms with Crippen LogP contribution in [0.3, 0.4) is 0 Å². The molecule has 7 nitrogen and oxygen atoms in total. The third kappa shape index (κ3) is 8.78. The van der Waals surface area contributed by atoms with Crippen molar-refractivity contribution in [2.75, 3.05) is 6.54 Å². The molecule has 0 saturated carbocycles. The molecular weight excluding hydrogens is 432 g/mol. The molecule has 3 aromatic rings. The van der Waals surface area contributed by atoms with Gasteiger partial charge < -0.3 is 20.1 Å². The topological polar surface area (TPSA) is 93.7 Å². The monoisotopic (exact) mass is 460 g/mol. The highest BCUT2D eigenvalue weighted by Gasteiger charge is 2.23. The van der Waals surface area contributed by atoms with Crippen LogP contribution in [0.1, 0.15) is 23.1 Å². The smallest absolute Gasteiger partial charge is 0.407 e. The average molecular weight is 461 g/mol. The number of esters is 1. The maximum absolute atomic E-state index is 12.7. The second kappa shape index (κ2) is 13.4. The predicted molar refractivity (Wildman–Crippen MR) is 128 cm³/mol. The summed E-state index contributed by atoms with van der Waals surface area (Å²) >= 11 is 0. The van der Waals surface area contributed by atoms with Crippen LogP contribution in [0, 0.1) is 0 Å². The number of amides is 2. The molecule has 2 N–H and O–H groups in total. The molecule has 0 bridgehead atoms. The highest BCUT2D eigenvalue weighted by atomic mass is 16.5. The molecule has 0 aliphatic carbocycles. The van der Waals surface area contributed by atoms with E-state index in [1.807, 2.05) is 91.0 Å². The number of alkyl carbamates (subject to hydrolysis) is 1. The fourth-order valence-corrected chi connectivity index (χ4v) is 3.19. The summed E-state index contributed by atoms with van der Waals surface area (Å²) < 4.78 is 10.6. The van der Waals surface area contributed by atoms with Gasteiger partial charge in [0.1, 0.15) is 19.3 Å². The predicted octanol–water partition coefficient (Wildman–Crippen LogP) is 3.77. The number of hydrogen-bond acceptors (Lipinski definition) is 5. The first-order valence-electron chi connectivity index (χ1n) is 11.1. The Balaban J connectivity index is 1.46. The van der Waals surface area contributed by atoms with Crippen molar-refractivity contribution in [3.63, 3.8) is 0 Å². The van der Waals surface area contributed by atoms with Gasteiger partial charge in [-0.05, 0) is 16.7 Å². The van der Waals surface area contributed by atoms with Crippen molar-refractivity contribution in [2.45, 2.75) is 32.1 Å². The van der Waals surface area contributed by atoms with E-state index in [4.69, 9.17) is 9.47 Å². The molecule has 0 unspecified atom stereocenters. The Hall–Kier alpha value is -4.13. The van der Waals surface area contributed by atoms with Crippen molar-refractivity contribution in [3.8, 4) is 0 Å². The molecule has 0 aromatic heterocycles. The zero-order valence-electron chi connectivity index (χ0n) is 18.8. The lowest BCUT2D eigenvalue weighted by Gasteiger charge is -2.18. The lowest BCUT2D eigenvalue weighted by atomic mass is 10.1. The van der Waals surface area contributed by atoms with E-state index in [1.54, 1.807) is 0 Å². The van der Waals surface area contributed by atoms with Crippen molar-refractivity contribution in [2.24, 2.45) is 0 Å². The van der Waals surface area contributed by atoms with Gasteiger partial charge in [0, 0.05) is 19.4 Å². The van der Waals surface area contributed by atoms with Crippen LogP contribution in [0.15, 0.2) is 91.0 Å². The van der Waals surface area contributed by atoms with E-state index < -0.39 is 18.1 Å². The highest BCUT2D eigenvalue weighted by Crippen LogP contribution is 2.08. The third-order valence-electron chi connectivity index (χ3n) is 4.96. The maximum atomic E-state index is 12.7. The van der Waals surface area contributed by atoms with Gasteiger partial charge in [0.2, 0.25) is 5.91 Å². The number of ether oxygens (including phenoxy) is 2. The summed E-state index contributed by atoms with van der Waals surface area (Å²) in [5.74, 6) is -0.891. The number of carbonyl (C=O) groups excluding carboxylic acids is 3. The normalized spacial score (nSPS) is 11.2. The Bertz CT molecular complexity index is 1040. The summed E-state index contributed by atoms with van der Waals surface area (Å²) in [4.78, 5) is 37.1. The molecule has 0 aliphatic heterocycles. The summed E-state index contributed by atoms with van der Waals surface area (Å²) in [6, 6.07) is 27.2. The van der Waals surface area contributed by atoms with Gasteiger partial charge in [-0.15, -0.1) is 0 Å². The largest absolute Gasteiger partial charge is 0.459 e. The minimum absolute atomic E-state index is 0.00229. The minimum atomic E-state index is -0.844. The van der Waals surface area contributed by atoms with Crippen molar-refractivity contribution < 1.29 is 23.9 Å². The van der Waals surface area contributed by atoms with Gasteiger partial charge in [-0.3, -0.25) is 4.79 Å². The molecule has 0 saturated heterocycles. The zero-order valence-corrected chi connectivity index (χ0v) is 18.8. The number of hydrogen-bond donors (Lipinski definition) is 2.